The van der Waals surface area contributed by atoms with Crippen LogP contribution < -0.4 is 9.46 Å². The summed E-state index contributed by atoms with van der Waals surface area (Å²) in [4.78, 5) is 17.3. The molecule has 2 heterocycles. The SMILES string of the molecule is COc1ncc(-c2ccc3nn(C)c(-c4ccc(C(=O)N(C)C)cc4)c3c2)cc1NS(=O)(=O)c1ccc(F)cc1F. The Balaban J connectivity index is 1.54. The van der Waals surface area contributed by atoms with E-state index in [1.165, 1.54) is 24.3 Å². The molecular weight excluding hydrogens is 552 g/mol. The molecule has 5 rings (SSSR count). The number of carbonyl (C=O) groups is 1. The summed E-state index contributed by atoms with van der Waals surface area (Å²) >= 11 is 0. The predicted octanol–water partition coefficient (Wildman–Crippen LogP) is 5.09. The van der Waals surface area contributed by atoms with Gasteiger partial charge in [-0.05, 0) is 48.0 Å². The molecule has 0 atom stereocenters. The van der Waals surface area contributed by atoms with Crippen molar-refractivity contribution in [2.24, 2.45) is 7.05 Å². The Morgan fingerprint density at radius 2 is 1.66 bits per heavy atom. The third kappa shape index (κ3) is 5.33. The molecule has 0 unspecified atom stereocenters. The van der Waals surface area contributed by atoms with E-state index in [1.54, 1.807) is 30.9 Å². The monoisotopic (exact) mass is 577 g/mol. The minimum atomic E-state index is -4.43. The van der Waals surface area contributed by atoms with Crippen LogP contribution in [-0.4, -0.2) is 55.2 Å². The normalized spacial score (nSPS) is 11.5. The van der Waals surface area contributed by atoms with Gasteiger partial charge in [-0.25, -0.2) is 22.2 Å². The van der Waals surface area contributed by atoms with Crippen molar-refractivity contribution in [1.29, 1.82) is 0 Å². The fraction of sp³-hybridized carbons (Fsp3) is 0.138. The van der Waals surface area contributed by atoms with E-state index in [1.807, 2.05) is 37.4 Å². The van der Waals surface area contributed by atoms with Crippen LogP contribution in [-0.2, 0) is 17.1 Å². The number of amides is 1. The molecule has 0 radical (unpaired) electrons. The summed E-state index contributed by atoms with van der Waals surface area (Å²) in [5.74, 6) is -2.26. The minimum absolute atomic E-state index is 0.0265. The van der Waals surface area contributed by atoms with Gasteiger partial charge in [-0.15, -0.1) is 0 Å². The van der Waals surface area contributed by atoms with Crippen molar-refractivity contribution in [1.82, 2.24) is 19.7 Å². The van der Waals surface area contributed by atoms with Gasteiger partial charge in [0.2, 0.25) is 5.88 Å². The van der Waals surface area contributed by atoms with Crippen LogP contribution in [0.5, 0.6) is 5.88 Å². The number of halogens is 2. The molecule has 0 saturated carbocycles. The highest BCUT2D eigenvalue weighted by atomic mass is 32.2. The summed E-state index contributed by atoms with van der Waals surface area (Å²) in [5, 5.41) is 5.43. The third-order valence-electron chi connectivity index (χ3n) is 6.45. The molecule has 41 heavy (non-hydrogen) atoms. The van der Waals surface area contributed by atoms with E-state index in [2.05, 4.69) is 14.8 Å². The fourth-order valence-corrected chi connectivity index (χ4v) is 5.60. The van der Waals surface area contributed by atoms with E-state index in [-0.39, 0.29) is 17.5 Å². The maximum atomic E-state index is 14.3. The van der Waals surface area contributed by atoms with Crippen LogP contribution in [0, 0.1) is 11.6 Å². The lowest BCUT2D eigenvalue weighted by molar-refractivity contribution is 0.0827. The number of methoxy groups -OCH3 is 1. The van der Waals surface area contributed by atoms with Gasteiger partial charge < -0.3 is 9.64 Å². The first-order chi connectivity index (χ1) is 19.5. The van der Waals surface area contributed by atoms with E-state index in [4.69, 9.17) is 4.74 Å². The van der Waals surface area contributed by atoms with Gasteiger partial charge in [-0.1, -0.05) is 18.2 Å². The maximum Gasteiger partial charge on any atom is 0.264 e. The van der Waals surface area contributed by atoms with E-state index in [0.29, 0.717) is 22.8 Å². The molecule has 0 aliphatic rings. The van der Waals surface area contributed by atoms with Gasteiger partial charge in [-0.3, -0.25) is 14.2 Å². The number of nitrogens with one attached hydrogen (secondary N) is 1. The Hall–Kier alpha value is -4.84. The standard InChI is InChI=1S/C29H25F2N5O4S/c1-35(2)29(37)18-7-5-17(6-8-18)27-22-13-19(9-11-24(22)33-36(27)3)20-14-25(28(40-4)32-16-20)34-41(38,39)26-12-10-21(30)15-23(26)31/h5-16,34H,1-4H3. The Morgan fingerprint density at radius 1 is 0.951 bits per heavy atom. The van der Waals surface area contributed by atoms with Crippen LogP contribution in [0.1, 0.15) is 10.4 Å². The molecule has 0 aliphatic heterocycles. The van der Waals surface area contributed by atoms with Gasteiger partial charge in [0.15, 0.2) is 0 Å². The zero-order valence-corrected chi connectivity index (χ0v) is 23.3. The van der Waals surface area contributed by atoms with Crippen molar-refractivity contribution < 1.29 is 26.7 Å². The molecule has 0 fully saturated rings. The van der Waals surface area contributed by atoms with Crippen LogP contribution in [0.4, 0.5) is 14.5 Å². The molecule has 1 N–H and O–H groups in total. The van der Waals surface area contributed by atoms with Crippen LogP contribution in [0.2, 0.25) is 0 Å². The number of benzene rings is 3. The van der Waals surface area contributed by atoms with Crippen LogP contribution in [0.3, 0.4) is 0 Å². The molecule has 9 nitrogen and oxygen atoms in total. The molecule has 210 valence electrons. The van der Waals surface area contributed by atoms with Crippen molar-refractivity contribution >= 4 is 32.5 Å². The second-order valence-corrected chi connectivity index (χ2v) is 11.1. The number of aromatic nitrogens is 3. The summed E-state index contributed by atoms with van der Waals surface area (Å²) < 4.78 is 62.8. The second-order valence-electron chi connectivity index (χ2n) is 9.44. The van der Waals surface area contributed by atoms with Crippen LogP contribution in [0.25, 0.3) is 33.3 Å². The first kappa shape index (κ1) is 27.7. The average molecular weight is 578 g/mol. The molecule has 1 amide bonds. The van der Waals surface area contributed by atoms with Crippen molar-refractivity contribution in [3.05, 3.63) is 90.1 Å². The average Bonchev–Trinajstić information content (AvgIpc) is 3.27. The first-order valence-electron chi connectivity index (χ1n) is 12.3. The summed E-state index contributed by atoms with van der Waals surface area (Å²) in [6.45, 7) is 0. The lowest BCUT2D eigenvalue weighted by atomic mass is 10.0. The van der Waals surface area contributed by atoms with Crippen molar-refractivity contribution in [3.8, 4) is 28.3 Å². The summed E-state index contributed by atoms with van der Waals surface area (Å²) in [7, 11) is 2.10. The molecule has 0 spiro atoms. The van der Waals surface area contributed by atoms with Crippen molar-refractivity contribution in [3.63, 3.8) is 0 Å². The predicted molar refractivity (Wildman–Crippen MR) is 151 cm³/mol. The van der Waals surface area contributed by atoms with Crippen LogP contribution in [0.15, 0.2) is 77.8 Å². The summed E-state index contributed by atoms with van der Waals surface area (Å²) in [6.07, 6.45) is 1.52. The highest BCUT2D eigenvalue weighted by molar-refractivity contribution is 7.92. The van der Waals surface area contributed by atoms with E-state index >= 15 is 0 Å². The van der Waals surface area contributed by atoms with Gasteiger partial charge in [0.25, 0.3) is 15.9 Å². The molecular formula is C29H25F2N5O4S. The van der Waals surface area contributed by atoms with E-state index in [9.17, 15) is 22.0 Å². The molecule has 0 saturated heterocycles. The van der Waals surface area contributed by atoms with E-state index < -0.39 is 26.6 Å². The molecule has 5 aromatic rings. The number of rotatable bonds is 7. The summed E-state index contributed by atoms with van der Waals surface area (Å²) in [6, 6.07) is 16.5. The van der Waals surface area contributed by atoms with Crippen molar-refractivity contribution in [2.75, 3.05) is 25.9 Å². The van der Waals surface area contributed by atoms with Gasteiger partial charge >= 0.3 is 0 Å². The Kier molecular flexibility index (Phi) is 7.18. The fourth-order valence-electron chi connectivity index (χ4n) is 4.49. The number of nitrogens with zero attached hydrogens (tertiary/aromatic N) is 4. The number of sulfonamides is 1. The number of aryl methyl sites for hydroxylation is 1. The Morgan fingerprint density at radius 3 is 2.32 bits per heavy atom. The zero-order chi connectivity index (χ0) is 29.5. The van der Waals surface area contributed by atoms with Gasteiger partial charge in [0, 0.05) is 55.5 Å². The van der Waals surface area contributed by atoms with Gasteiger partial charge in [0.1, 0.15) is 22.2 Å². The smallest absolute Gasteiger partial charge is 0.264 e. The van der Waals surface area contributed by atoms with Crippen molar-refractivity contribution in [2.45, 2.75) is 4.90 Å². The number of hydrogen-bond donors (Lipinski definition) is 1. The molecule has 12 heteroatoms. The topological polar surface area (TPSA) is 106 Å². The zero-order valence-electron chi connectivity index (χ0n) is 22.5. The minimum Gasteiger partial charge on any atom is -0.480 e. The third-order valence-corrected chi connectivity index (χ3v) is 7.85. The Bertz CT molecular complexity index is 1910. The number of anilines is 1. The number of carbonyl (C=O) groups excluding carboxylic acids is 1. The molecule has 0 aliphatic carbocycles. The number of hydrogen-bond acceptors (Lipinski definition) is 6. The number of pyridine rings is 1. The maximum absolute atomic E-state index is 14.3. The lowest BCUT2D eigenvalue weighted by Crippen LogP contribution is -2.21. The molecule has 0 bridgehead atoms. The quantitative estimate of drug-likeness (QED) is 0.289. The summed E-state index contributed by atoms with van der Waals surface area (Å²) in [5.41, 5.74) is 4.19. The van der Waals surface area contributed by atoms with Gasteiger partial charge in [-0.2, -0.15) is 5.10 Å². The molecule has 2 aromatic heterocycles. The highest BCUT2D eigenvalue weighted by Crippen LogP contribution is 2.35. The number of ether oxygens (including phenoxy) is 1. The Labute approximate surface area is 235 Å². The molecule has 3 aromatic carbocycles. The number of fused-ring (bicyclic) bond motifs is 1. The first-order valence-corrected chi connectivity index (χ1v) is 13.8. The van der Waals surface area contributed by atoms with Gasteiger partial charge in [0.05, 0.1) is 18.3 Å². The lowest BCUT2D eigenvalue weighted by Gasteiger charge is -2.13. The second kappa shape index (κ2) is 10.6. The largest absolute Gasteiger partial charge is 0.480 e. The van der Waals surface area contributed by atoms with E-state index in [0.717, 1.165) is 34.3 Å². The highest BCUT2D eigenvalue weighted by Gasteiger charge is 2.22. The van der Waals surface area contributed by atoms with Crippen LogP contribution >= 0.6 is 0 Å².